The zero-order valence-corrected chi connectivity index (χ0v) is 11.1. The van der Waals surface area contributed by atoms with Crippen LogP contribution < -0.4 is 10.9 Å². The summed E-state index contributed by atoms with van der Waals surface area (Å²) in [7, 11) is 0. The molecule has 2 heterocycles. The van der Waals surface area contributed by atoms with Crippen LogP contribution in [0.4, 0.5) is 0 Å². The molecule has 1 N–H and O–H groups in total. The summed E-state index contributed by atoms with van der Waals surface area (Å²) in [6.07, 6.45) is 4.40. The van der Waals surface area contributed by atoms with Gasteiger partial charge in [-0.25, -0.2) is 0 Å². The number of hydrogen-bond donors (Lipinski definition) is 1. The fraction of sp³-hybridized carbons (Fsp3) is 0.643. The molecule has 0 spiro atoms. The van der Waals surface area contributed by atoms with E-state index < -0.39 is 0 Å². The van der Waals surface area contributed by atoms with Crippen LogP contribution in [0.5, 0.6) is 0 Å². The average molecular weight is 249 g/mol. The molecule has 1 unspecified atom stereocenters. The second-order valence-corrected chi connectivity index (χ2v) is 4.86. The first-order chi connectivity index (χ1) is 8.81. The van der Waals surface area contributed by atoms with Crippen molar-refractivity contribution >= 4 is 0 Å². The summed E-state index contributed by atoms with van der Waals surface area (Å²) in [5.74, 6) is 0. The number of rotatable bonds is 5. The molecule has 100 valence electrons. The van der Waals surface area contributed by atoms with Crippen molar-refractivity contribution in [2.24, 2.45) is 0 Å². The van der Waals surface area contributed by atoms with Gasteiger partial charge in [-0.3, -0.25) is 9.69 Å². The molecule has 0 aromatic carbocycles. The van der Waals surface area contributed by atoms with Crippen LogP contribution in [0.15, 0.2) is 29.2 Å². The molecule has 1 atom stereocenters. The molecular weight excluding hydrogens is 226 g/mol. The smallest absolute Gasteiger partial charge is 0.250 e. The van der Waals surface area contributed by atoms with Gasteiger partial charge in [0.15, 0.2) is 0 Å². The van der Waals surface area contributed by atoms with Gasteiger partial charge in [-0.1, -0.05) is 13.0 Å². The summed E-state index contributed by atoms with van der Waals surface area (Å²) in [6, 6.07) is 5.96. The highest BCUT2D eigenvalue weighted by molar-refractivity contribution is 4.93. The van der Waals surface area contributed by atoms with Crippen LogP contribution in [-0.2, 0) is 6.54 Å². The normalized spacial score (nSPS) is 20.2. The van der Waals surface area contributed by atoms with E-state index in [1.807, 2.05) is 12.3 Å². The molecule has 0 aliphatic carbocycles. The third-order valence-electron chi connectivity index (χ3n) is 3.72. The van der Waals surface area contributed by atoms with E-state index in [1.54, 1.807) is 16.7 Å². The summed E-state index contributed by atoms with van der Waals surface area (Å²) >= 11 is 0. The van der Waals surface area contributed by atoms with E-state index in [0.29, 0.717) is 6.04 Å². The lowest BCUT2D eigenvalue weighted by Gasteiger charge is -2.34. The average Bonchev–Trinajstić information content (AvgIpc) is 2.42. The van der Waals surface area contributed by atoms with Crippen molar-refractivity contribution in [2.45, 2.75) is 32.4 Å². The summed E-state index contributed by atoms with van der Waals surface area (Å²) in [5, 5.41) is 3.45. The number of likely N-dealkylation sites (N-methyl/N-ethyl adjacent to an activating group) is 1. The van der Waals surface area contributed by atoms with Crippen molar-refractivity contribution in [2.75, 3.05) is 26.2 Å². The topological polar surface area (TPSA) is 37.3 Å². The lowest BCUT2D eigenvalue weighted by molar-refractivity contribution is 0.167. The number of aromatic nitrogens is 1. The predicted octanol–water partition coefficient (Wildman–Crippen LogP) is 0.922. The Bertz CT molecular complexity index is 410. The molecule has 0 radical (unpaired) electrons. The lowest BCUT2D eigenvalue weighted by Crippen LogP contribution is -2.47. The standard InChI is InChI=1S/C14H23N3O/c1-2-16(13-6-5-8-15-12-13)10-11-17-9-4-3-7-14(17)18/h3-4,7,9,13,15H,2,5-6,8,10-12H2,1H3. The number of pyridine rings is 1. The molecule has 1 aromatic heterocycles. The highest BCUT2D eigenvalue weighted by Gasteiger charge is 2.19. The van der Waals surface area contributed by atoms with Gasteiger partial charge in [-0.2, -0.15) is 0 Å². The van der Waals surface area contributed by atoms with Gasteiger partial charge in [0.1, 0.15) is 0 Å². The Balaban J connectivity index is 1.90. The van der Waals surface area contributed by atoms with Crippen LogP contribution >= 0.6 is 0 Å². The monoisotopic (exact) mass is 249 g/mol. The van der Waals surface area contributed by atoms with Crippen molar-refractivity contribution < 1.29 is 0 Å². The van der Waals surface area contributed by atoms with Crippen LogP contribution in [0, 0.1) is 0 Å². The number of nitrogens with one attached hydrogen (secondary N) is 1. The van der Waals surface area contributed by atoms with Gasteiger partial charge in [0, 0.05) is 37.9 Å². The molecule has 1 fully saturated rings. The molecule has 4 nitrogen and oxygen atoms in total. The lowest BCUT2D eigenvalue weighted by atomic mass is 10.1. The maximum absolute atomic E-state index is 11.6. The van der Waals surface area contributed by atoms with Crippen molar-refractivity contribution in [1.29, 1.82) is 0 Å². The summed E-state index contributed by atoms with van der Waals surface area (Å²) in [5.41, 5.74) is 0.0929. The van der Waals surface area contributed by atoms with E-state index in [2.05, 4.69) is 17.1 Å². The number of hydrogen-bond acceptors (Lipinski definition) is 3. The van der Waals surface area contributed by atoms with E-state index in [9.17, 15) is 4.79 Å². The molecule has 0 bridgehead atoms. The molecule has 1 aliphatic heterocycles. The van der Waals surface area contributed by atoms with Gasteiger partial charge in [0.05, 0.1) is 0 Å². The van der Waals surface area contributed by atoms with Crippen LogP contribution in [0.2, 0.25) is 0 Å². The zero-order chi connectivity index (χ0) is 12.8. The van der Waals surface area contributed by atoms with E-state index in [4.69, 9.17) is 0 Å². The maximum atomic E-state index is 11.6. The highest BCUT2D eigenvalue weighted by Crippen LogP contribution is 2.09. The van der Waals surface area contributed by atoms with Crippen LogP contribution in [0.1, 0.15) is 19.8 Å². The molecule has 2 rings (SSSR count). The van der Waals surface area contributed by atoms with E-state index in [-0.39, 0.29) is 5.56 Å². The molecule has 0 saturated carbocycles. The highest BCUT2D eigenvalue weighted by atomic mass is 16.1. The second-order valence-electron chi connectivity index (χ2n) is 4.86. The first-order valence-electron chi connectivity index (χ1n) is 6.91. The first-order valence-corrected chi connectivity index (χ1v) is 6.91. The molecule has 1 saturated heterocycles. The Labute approximate surface area is 109 Å². The van der Waals surface area contributed by atoms with Crippen LogP contribution in [0.25, 0.3) is 0 Å². The summed E-state index contributed by atoms with van der Waals surface area (Å²) in [4.78, 5) is 14.1. The van der Waals surface area contributed by atoms with E-state index >= 15 is 0 Å². The Morgan fingerprint density at radius 1 is 1.50 bits per heavy atom. The molecule has 4 heteroatoms. The predicted molar refractivity (Wildman–Crippen MR) is 73.8 cm³/mol. The van der Waals surface area contributed by atoms with Gasteiger partial charge >= 0.3 is 0 Å². The maximum Gasteiger partial charge on any atom is 0.250 e. The molecular formula is C14H23N3O. The van der Waals surface area contributed by atoms with E-state index in [1.165, 1.54) is 12.8 Å². The summed E-state index contributed by atoms with van der Waals surface area (Å²) in [6.45, 7) is 7.21. The number of piperidine rings is 1. The number of nitrogens with zero attached hydrogens (tertiary/aromatic N) is 2. The quantitative estimate of drug-likeness (QED) is 0.843. The van der Waals surface area contributed by atoms with Gasteiger partial charge in [0.25, 0.3) is 5.56 Å². The van der Waals surface area contributed by atoms with Crippen molar-refractivity contribution in [3.8, 4) is 0 Å². The van der Waals surface area contributed by atoms with Crippen LogP contribution in [-0.4, -0.2) is 41.7 Å². The third kappa shape index (κ3) is 3.43. The minimum atomic E-state index is 0.0929. The molecule has 18 heavy (non-hydrogen) atoms. The van der Waals surface area contributed by atoms with Gasteiger partial charge in [0.2, 0.25) is 0 Å². The largest absolute Gasteiger partial charge is 0.315 e. The Morgan fingerprint density at radius 3 is 3.06 bits per heavy atom. The zero-order valence-electron chi connectivity index (χ0n) is 11.1. The molecule has 1 aromatic rings. The molecule has 1 aliphatic rings. The van der Waals surface area contributed by atoms with Crippen LogP contribution in [0.3, 0.4) is 0 Å². The van der Waals surface area contributed by atoms with E-state index in [0.717, 1.165) is 32.7 Å². The van der Waals surface area contributed by atoms with Gasteiger partial charge in [-0.05, 0) is 32.0 Å². The minimum Gasteiger partial charge on any atom is -0.315 e. The van der Waals surface area contributed by atoms with Gasteiger partial charge < -0.3 is 9.88 Å². The van der Waals surface area contributed by atoms with Crippen molar-refractivity contribution in [3.05, 3.63) is 34.7 Å². The molecule has 0 amide bonds. The van der Waals surface area contributed by atoms with Gasteiger partial charge in [-0.15, -0.1) is 0 Å². The Kier molecular flexibility index (Phi) is 4.96. The van der Waals surface area contributed by atoms with Crippen molar-refractivity contribution in [1.82, 2.24) is 14.8 Å². The minimum absolute atomic E-state index is 0.0929. The summed E-state index contributed by atoms with van der Waals surface area (Å²) < 4.78 is 1.79. The van der Waals surface area contributed by atoms with Crippen molar-refractivity contribution in [3.63, 3.8) is 0 Å². The SMILES string of the molecule is CCN(CCn1ccccc1=O)C1CCCNC1. The first kappa shape index (κ1) is 13.3. The fourth-order valence-corrected chi connectivity index (χ4v) is 2.63. The fourth-order valence-electron chi connectivity index (χ4n) is 2.63. The Morgan fingerprint density at radius 2 is 2.39 bits per heavy atom. The third-order valence-corrected chi connectivity index (χ3v) is 3.72. The second kappa shape index (κ2) is 6.71. The Hall–Kier alpha value is -1.13.